The summed E-state index contributed by atoms with van der Waals surface area (Å²) < 4.78 is 4.31. The first kappa shape index (κ1) is 8.83. The Morgan fingerprint density at radius 3 is 1.25 bits per heavy atom. The Bertz CT molecular complexity index is 6.00. The van der Waals surface area contributed by atoms with Crippen LogP contribution in [0.1, 0.15) is 0 Å². The predicted octanol–water partition coefficient (Wildman–Crippen LogP) is 0.354. The van der Waals surface area contributed by atoms with Crippen LogP contribution in [-0.2, 0) is 0 Å². The summed E-state index contributed by atoms with van der Waals surface area (Å²) in [6, 6.07) is 0. The van der Waals surface area contributed by atoms with Crippen molar-refractivity contribution in [3.8, 4) is 0 Å². The van der Waals surface area contributed by atoms with Crippen LogP contribution >= 0.6 is 27.9 Å². The maximum absolute atomic E-state index is 4.31. The molecule has 0 aromatic carbocycles. The largest absolute Gasteiger partial charge is 0.270 e. The van der Waals surface area contributed by atoms with E-state index in [-0.39, 0.29) is 0 Å². The lowest BCUT2D eigenvalue weighted by atomic mass is 14.0. The van der Waals surface area contributed by atoms with Gasteiger partial charge in [-0.05, 0) is 11.8 Å². The van der Waals surface area contributed by atoms with Crippen molar-refractivity contribution < 1.29 is 0 Å². The monoisotopic (exact) mass is 146 g/mol. The molecule has 0 aliphatic rings. The van der Waals surface area contributed by atoms with E-state index in [1.54, 1.807) is 0 Å². The van der Waals surface area contributed by atoms with Crippen molar-refractivity contribution in [3.05, 3.63) is 0 Å². The second-order valence-corrected chi connectivity index (χ2v) is 0. The van der Waals surface area contributed by atoms with E-state index in [4.69, 9.17) is 0 Å². The number of halogens is 2. The van der Waals surface area contributed by atoms with Gasteiger partial charge in [-0.25, -0.2) is 5.25 Å². The fourth-order valence-electron chi connectivity index (χ4n) is 0. The average Bonchev–Trinajstić information content (AvgIpc) is 1.50. The molecule has 0 unspecified atom stereocenters. The summed E-state index contributed by atoms with van der Waals surface area (Å²) in [5.41, 5.74) is 0. The van der Waals surface area contributed by atoms with Crippen molar-refractivity contribution >= 4 is 27.9 Å². The van der Waals surface area contributed by atoms with Gasteiger partial charge in [0.2, 0.25) is 0 Å². The summed E-state index contributed by atoms with van der Waals surface area (Å²) in [5, 5.41) is 3.97. The summed E-state index contributed by atoms with van der Waals surface area (Å²) in [6.45, 7) is 0. The van der Waals surface area contributed by atoms with Crippen LogP contribution < -0.4 is 10.0 Å². The lowest BCUT2D eigenvalue weighted by molar-refractivity contribution is 2.00. The molecule has 0 saturated carbocycles. The molecule has 0 saturated heterocycles. The van der Waals surface area contributed by atoms with E-state index in [1.807, 2.05) is 0 Å². The zero-order valence-electron chi connectivity index (χ0n) is 1.91. The quantitative estimate of drug-likeness (QED) is 0.486. The van der Waals surface area contributed by atoms with Crippen LogP contribution in [0.25, 0.3) is 0 Å². The minimum absolute atomic E-state index is 2.44. The molecule has 0 aliphatic heterocycles. The second-order valence-electron chi connectivity index (χ2n) is 0. The first-order chi connectivity index (χ1) is 2.00. The number of hydrogen-bond acceptors (Lipinski definition) is 2. The highest BCUT2D eigenvalue weighted by atomic mass is 79.9. The lowest BCUT2D eigenvalue weighted by Crippen LogP contribution is -1.48. The summed E-state index contributed by atoms with van der Waals surface area (Å²) in [4.78, 5) is 0. The lowest BCUT2D eigenvalue weighted by Gasteiger charge is -1.14. The van der Waals surface area contributed by atoms with Gasteiger partial charge in [0.05, 0.1) is 0 Å². The fraction of sp³-hybridized carbons (Fsp3) is 0. The molecule has 28 valence electrons. The predicted molar refractivity (Wildman–Crippen MR) is 23.2 cm³/mol. The molecule has 0 spiro atoms. The van der Waals surface area contributed by atoms with Crippen LogP contribution in [0.15, 0.2) is 0 Å². The third-order valence-electron chi connectivity index (χ3n) is 0. The van der Waals surface area contributed by atoms with Crippen molar-refractivity contribution in [1.29, 1.82) is 0 Å². The summed E-state index contributed by atoms with van der Waals surface area (Å²) >= 11 is 6.58. The molecule has 0 aromatic rings. The highest BCUT2D eigenvalue weighted by Crippen LogP contribution is 1.28. The van der Waals surface area contributed by atoms with Crippen molar-refractivity contribution in [3.63, 3.8) is 0 Å². The Labute approximate surface area is 38.6 Å². The zero-order chi connectivity index (χ0) is 4.00. The first-order valence-corrected chi connectivity index (χ1v) is 1.79. The number of hydrogen-bond donors (Lipinski definition) is 2. The van der Waals surface area contributed by atoms with Gasteiger partial charge < -0.3 is 0 Å². The van der Waals surface area contributed by atoms with Crippen LogP contribution in [0.2, 0.25) is 0 Å². The SMILES string of the molecule is NBr.NCl. The first-order valence-electron chi connectivity index (χ1n) is 0.436. The third kappa shape index (κ3) is 16.1. The van der Waals surface area contributed by atoms with Crippen molar-refractivity contribution in [2.24, 2.45) is 10.0 Å². The Morgan fingerprint density at radius 1 is 1.25 bits per heavy atom. The van der Waals surface area contributed by atoms with Gasteiger partial charge in [-0.1, -0.05) is 0 Å². The van der Waals surface area contributed by atoms with Gasteiger partial charge in [0.1, 0.15) is 0 Å². The Morgan fingerprint density at radius 2 is 1.25 bits per heavy atom. The molecule has 0 radical (unpaired) electrons. The average molecular weight is 147 g/mol. The van der Waals surface area contributed by atoms with E-state index in [9.17, 15) is 0 Å². The van der Waals surface area contributed by atoms with Crippen LogP contribution in [0.4, 0.5) is 0 Å². The third-order valence-corrected chi connectivity index (χ3v) is 0. The molecule has 0 aliphatic carbocycles. The van der Waals surface area contributed by atoms with Gasteiger partial charge in [0.25, 0.3) is 0 Å². The molecule has 0 rings (SSSR count). The molecule has 0 fully saturated rings. The standard InChI is InChI=1S/BrH2N.ClH2N/c2*1-2/h2*2H2. The van der Waals surface area contributed by atoms with Crippen molar-refractivity contribution in [2.45, 2.75) is 0 Å². The van der Waals surface area contributed by atoms with E-state index in [2.05, 4.69) is 37.9 Å². The van der Waals surface area contributed by atoms with E-state index >= 15 is 0 Å². The fourth-order valence-corrected chi connectivity index (χ4v) is 0. The second kappa shape index (κ2) is 56.1. The topological polar surface area (TPSA) is 52.0 Å². The van der Waals surface area contributed by atoms with E-state index in [1.165, 1.54) is 0 Å². The van der Waals surface area contributed by atoms with Gasteiger partial charge in [-0.15, -0.1) is 0 Å². The van der Waals surface area contributed by atoms with E-state index < -0.39 is 0 Å². The normalized spacial score (nSPS) is 3.00. The molecule has 4 N–H and O–H groups in total. The van der Waals surface area contributed by atoms with Crippen LogP contribution in [0.5, 0.6) is 0 Å². The number of rotatable bonds is 0. The molecule has 0 aromatic heterocycles. The number of nitrogens with two attached hydrogens (primary N) is 2. The van der Waals surface area contributed by atoms with Crippen LogP contribution in [-0.4, -0.2) is 0 Å². The minimum atomic E-state index is 2.44. The molecule has 0 heterocycles. The Kier molecular flexibility index (Phi) is 124. The summed E-state index contributed by atoms with van der Waals surface area (Å²) in [6.07, 6.45) is 0. The summed E-state index contributed by atoms with van der Waals surface area (Å²) in [5.74, 6) is 0. The maximum Gasteiger partial charge on any atom is 0.00554 e. The van der Waals surface area contributed by atoms with Gasteiger partial charge in [0.15, 0.2) is 0 Å². The van der Waals surface area contributed by atoms with Crippen LogP contribution in [0, 0.1) is 0 Å². The molecular weight excluding hydrogens is 143 g/mol. The maximum atomic E-state index is 4.31. The Hall–Kier alpha value is 0.690. The highest BCUT2D eigenvalue weighted by Gasteiger charge is 0.878. The smallest absolute Gasteiger partial charge is 0.00554 e. The molecular formula is H4BrClN2. The van der Waals surface area contributed by atoms with Gasteiger partial charge in [0, 0.05) is 16.1 Å². The molecule has 4 heteroatoms. The zero-order valence-corrected chi connectivity index (χ0v) is 4.25. The molecule has 0 amide bonds. The highest BCUT2D eigenvalue weighted by molar-refractivity contribution is 9.07. The molecule has 2 nitrogen and oxygen atoms in total. The molecule has 4 heavy (non-hydrogen) atoms. The summed E-state index contributed by atoms with van der Waals surface area (Å²) in [7, 11) is 0. The van der Waals surface area contributed by atoms with Gasteiger partial charge in [-0.2, -0.15) is 0 Å². The molecule has 0 atom stereocenters. The minimum Gasteiger partial charge on any atom is -0.270 e. The van der Waals surface area contributed by atoms with Gasteiger partial charge >= 0.3 is 0 Å². The Balaban J connectivity index is 0. The van der Waals surface area contributed by atoms with Crippen molar-refractivity contribution in [1.82, 2.24) is 0 Å². The van der Waals surface area contributed by atoms with Crippen LogP contribution in [0.3, 0.4) is 0 Å². The van der Waals surface area contributed by atoms with E-state index in [0.717, 1.165) is 0 Å². The van der Waals surface area contributed by atoms with Gasteiger partial charge in [-0.3, -0.25) is 4.76 Å². The van der Waals surface area contributed by atoms with E-state index in [0.29, 0.717) is 0 Å². The van der Waals surface area contributed by atoms with Crippen molar-refractivity contribution in [2.75, 3.05) is 0 Å². The molecule has 0 bridgehead atoms.